The first-order chi connectivity index (χ1) is 17.5. The summed E-state index contributed by atoms with van der Waals surface area (Å²) in [4.78, 5) is 24.5. The Morgan fingerprint density at radius 3 is 2.72 bits per heavy atom. The van der Waals surface area contributed by atoms with Crippen LogP contribution in [-0.2, 0) is 4.74 Å². The second-order valence-corrected chi connectivity index (χ2v) is 10.9. The number of fused-ring (bicyclic) bond motifs is 3. The molecule has 1 amide bonds. The van der Waals surface area contributed by atoms with E-state index in [2.05, 4.69) is 26.6 Å². The van der Waals surface area contributed by atoms with Crippen molar-refractivity contribution in [3.8, 4) is 0 Å². The molecular formula is C25H28F2N6O2S. The van der Waals surface area contributed by atoms with Gasteiger partial charge in [0.05, 0.1) is 41.6 Å². The zero-order chi connectivity index (χ0) is 24.8. The molecule has 2 bridgehead atoms. The van der Waals surface area contributed by atoms with Crippen LogP contribution in [0, 0.1) is 0 Å². The lowest BCUT2D eigenvalue weighted by Gasteiger charge is -2.28. The van der Waals surface area contributed by atoms with Gasteiger partial charge in [0, 0.05) is 35.8 Å². The minimum absolute atomic E-state index is 0.0316. The molecule has 1 N–H and O–H groups in total. The van der Waals surface area contributed by atoms with Gasteiger partial charge in [-0.1, -0.05) is 0 Å². The topological polar surface area (TPSA) is 85.2 Å². The third-order valence-corrected chi connectivity index (χ3v) is 8.73. The predicted molar refractivity (Wildman–Crippen MR) is 135 cm³/mol. The summed E-state index contributed by atoms with van der Waals surface area (Å²) in [5.74, 6) is 0.247. The molecule has 1 aliphatic carbocycles. The largest absolute Gasteiger partial charge is 0.374 e. The number of pyridine rings is 2. The van der Waals surface area contributed by atoms with Gasteiger partial charge in [-0.15, -0.1) is 0 Å². The van der Waals surface area contributed by atoms with E-state index in [1.165, 1.54) is 6.20 Å². The Morgan fingerprint density at radius 2 is 2.03 bits per heavy atom. The molecule has 0 spiro atoms. The first-order valence-corrected chi connectivity index (χ1v) is 13.6. The van der Waals surface area contributed by atoms with Gasteiger partial charge < -0.3 is 15.0 Å². The van der Waals surface area contributed by atoms with Gasteiger partial charge in [-0.05, 0) is 50.5 Å². The van der Waals surface area contributed by atoms with E-state index in [0.717, 1.165) is 44.5 Å². The molecule has 2 aliphatic heterocycles. The van der Waals surface area contributed by atoms with Crippen molar-refractivity contribution in [1.29, 1.82) is 0 Å². The number of nitrogens with one attached hydrogen (secondary N) is 1. The lowest BCUT2D eigenvalue weighted by atomic mass is 9.95. The van der Waals surface area contributed by atoms with Gasteiger partial charge in [-0.25, -0.2) is 13.8 Å². The number of alkyl halides is 2. The van der Waals surface area contributed by atoms with Crippen molar-refractivity contribution in [2.45, 2.75) is 62.0 Å². The minimum Gasteiger partial charge on any atom is -0.374 e. The highest BCUT2D eigenvalue weighted by molar-refractivity contribution is 7.99. The maximum absolute atomic E-state index is 13.9. The lowest BCUT2D eigenvalue weighted by molar-refractivity contribution is 0.0988. The summed E-state index contributed by atoms with van der Waals surface area (Å²) in [6, 6.07) is 4.16. The van der Waals surface area contributed by atoms with Crippen molar-refractivity contribution in [1.82, 2.24) is 19.7 Å². The number of hydrogen-bond acceptors (Lipinski definition) is 7. The van der Waals surface area contributed by atoms with E-state index >= 15 is 0 Å². The number of anilines is 2. The summed E-state index contributed by atoms with van der Waals surface area (Å²) >= 11 is 1.85. The number of ether oxygens (including phenoxy) is 1. The highest BCUT2D eigenvalue weighted by atomic mass is 32.2. The summed E-state index contributed by atoms with van der Waals surface area (Å²) in [6.45, 7) is 1.44. The summed E-state index contributed by atoms with van der Waals surface area (Å²) in [5, 5.41) is 8.17. The van der Waals surface area contributed by atoms with Crippen molar-refractivity contribution in [3.05, 3.63) is 42.0 Å². The molecule has 1 unspecified atom stereocenters. The monoisotopic (exact) mass is 514 g/mol. The Balaban J connectivity index is 1.27. The molecule has 0 radical (unpaired) electrons. The molecule has 36 heavy (non-hydrogen) atoms. The highest BCUT2D eigenvalue weighted by Gasteiger charge is 2.39. The van der Waals surface area contributed by atoms with Gasteiger partial charge >= 0.3 is 0 Å². The van der Waals surface area contributed by atoms with Crippen LogP contribution in [0.25, 0.3) is 10.9 Å². The van der Waals surface area contributed by atoms with Gasteiger partial charge in [0.2, 0.25) is 0 Å². The summed E-state index contributed by atoms with van der Waals surface area (Å²) in [7, 11) is 0. The highest BCUT2D eigenvalue weighted by Crippen LogP contribution is 2.36. The molecule has 2 saturated heterocycles. The number of carbonyl (C=O) groups is 1. The first kappa shape index (κ1) is 23.6. The van der Waals surface area contributed by atoms with Gasteiger partial charge in [-0.3, -0.25) is 14.5 Å². The van der Waals surface area contributed by atoms with Crippen molar-refractivity contribution in [2.24, 2.45) is 0 Å². The van der Waals surface area contributed by atoms with E-state index in [0.29, 0.717) is 22.8 Å². The van der Waals surface area contributed by atoms with E-state index in [1.54, 1.807) is 17.1 Å². The molecule has 8 nitrogen and oxygen atoms in total. The Morgan fingerprint density at radius 1 is 1.19 bits per heavy atom. The van der Waals surface area contributed by atoms with Gasteiger partial charge in [0.25, 0.3) is 12.3 Å². The number of amides is 1. The van der Waals surface area contributed by atoms with Crippen LogP contribution in [0.5, 0.6) is 0 Å². The Bertz CT molecular complexity index is 1280. The standard InChI is InChI=1S/C25H28F2N6O2S/c1-36-18-5-3-15(4-6-18)33-12-20(23(31-33)24(26)27)29-25(34)19-10-28-9-14-2-7-21(30-22(14)19)32-11-17-8-16(32)13-35-17/h2,7,9-10,12,15-18,24H,3-6,8,11,13H2,1H3,(H,29,34)/t15?,16?,17-,18?/m1/s1. The average molecular weight is 515 g/mol. The number of rotatable bonds is 6. The van der Waals surface area contributed by atoms with Crippen LogP contribution < -0.4 is 10.2 Å². The van der Waals surface area contributed by atoms with Crippen LogP contribution >= 0.6 is 11.8 Å². The van der Waals surface area contributed by atoms with Crippen LogP contribution in [-0.4, -0.2) is 62.5 Å². The number of halogens is 2. The number of morpholine rings is 1. The summed E-state index contributed by atoms with van der Waals surface area (Å²) < 4.78 is 35.0. The number of carbonyl (C=O) groups excluding carboxylic acids is 1. The number of hydrogen-bond donors (Lipinski definition) is 1. The third kappa shape index (κ3) is 4.32. The Hall–Kier alpha value is -2.79. The summed E-state index contributed by atoms with van der Waals surface area (Å²) in [5.41, 5.74) is 0.350. The molecule has 0 aromatic carbocycles. The van der Waals surface area contributed by atoms with Crippen molar-refractivity contribution in [3.63, 3.8) is 0 Å². The van der Waals surface area contributed by atoms with E-state index in [-0.39, 0.29) is 29.4 Å². The van der Waals surface area contributed by atoms with Crippen LogP contribution in [0.3, 0.4) is 0 Å². The van der Waals surface area contributed by atoms with Gasteiger partial charge in [0.15, 0.2) is 5.69 Å². The predicted octanol–water partition coefficient (Wildman–Crippen LogP) is 4.84. The Kier molecular flexibility index (Phi) is 6.28. The molecule has 190 valence electrons. The van der Waals surface area contributed by atoms with Crippen molar-refractivity contribution >= 4 is 40.1 Å². The quantitative estimate of drug-likeness (QED) is 0.504. The zero-order valence-corrected chi connectivity index (χ0v) is 20.8. The van der Waals surface area contributed by atoms with Crippen LogP contribution in [0.2, 0.25) is 0 Å². The Labute approximate surface area is 211 Å². The fourth-order valence-corrected chi connectivity index (χ4v) is 6.37. The van der Waals surface area contributed by atoms with Crippen LogP contribution in [0.1, 0.15) is 60.6 Å². The second kappa shape index (κ2) is 9.59. The molecule has 3 aromatic rings. The molecule has 6 rings (SSSR count). The fourth-order valence-electron chi connectivity index (χ4n) is 5.62. The number of aromatic nitrogens is 4. The maximum Gasteiger partial charge on any atom is 0.284 e. The lowest BCUT2D eigenvalue weighted by Crippen LogP contribution is -2.37. The fraction of sp³-hybridized carbons (Fsp3) is 0.520. The van der Waals surface area contributed by atoms with E-state index in [9.17, 15) is 13.6 Å². The minimum atomic E-state index is -2.80. The smallest absolute Gasteiger partial charge is 0.284 e. The SMILES string of the molecule is CSC1CCC(n2cc(NC(=O)c3cncc4ccc(N5C[C@H]6CC5CO6)nc34)c(C(F)F)n2)CC1. The van der Waals surface area contributed by atoms with E-state index < -0.39 is 18.0 Å². The molecule has 2 atom stereocenters. The average Bonchev–Trinajstić information content (AvgIpc) is 3.64. The normalized spacial score (nSPS) is 25.7. The molecule has 11 heteroatoms. The molecule has 1 saturated carbocycles. The first-order valence-electron chi connectivity index (χ1n) is 12.3. The van der Waals surface area contributed by atoms with E-state index in [1.807, 2.05) is 23.9 Å². The molecular weight excluding hydrogens is 486 g/mol. The third-order valence-electron chi connectivity index (χ3n) is 7.59. The molecule has 5 heterocycles. The summed E-state index contributed by atoms with van der Waals surface area (Å²) in [6.07, 6.45) is 8.93. The van der Waals surface area contributed by atoms with Crippen LogP contribution in [0.15, 0.2) is 30.7 Å². The van der Waals surface area contributed by atoms with Crippen molar-refractivity contribution < 1.29 is 18.3 Å². The maximum atomic E-state index is 13.9. The van der Waals surface area contributed by atoms with Gasteiger partial charge in [-0.2, -0.15) is 16.9 Å². The zero-order valence-electron chi connectivity index (χ0n) is 19.9. The second-order valence-electron chi connectivity index (χ2n) is 9.75. The number of thioether (sulfide) groups is 1. The molecule has 3 fully saturated rings. The van der Waals surface area contributed by atoms with Gasteiger partial charge in [0.1, 0.15) is 5.82 Å². The molecule has 3 aromatic heterocycles. The van der Waals surface area contributed by atoms with Crippen LogP contribution in [0.4, 0.5) is 20.3 Å². The number of nitrogens with zero attached hydrogens (tertiary/aromatic N) is 5. The van der Waals surface area contributed by atoms with Crippen molar-refractivity contribution in [2.75, 3.05) is 29.6 Å². The molecule has 3 aliphatic rings. The van der Waals surface area contributed by atoms with E-state index in [4.69, 9.17) is 9.72 Å².